The number of esters is 1. The number of nitrogens with zero attached hydrogens (tertiary/aromatic N) is 1. The molecule has 3 aromatic rings. The first-order valence-corrected chi connectivity index (χ1v) is 9.79. The monoisotopic (exact) mass is 402 g/mol. The Bertz CT molecular complexity index is 992. The van der Waals surface area contributed by atoms with Gasteiger partial charge in [-0.1, -0.05) is 0 Å². The summed E-state index contributed by atoms with van der Waals surface area (Å²) in [5.41, 5.74) is 0.861. The van der Waals surface area contributed by atoms with Crippen LogP contribution < -0.4 is 14.8 Å². The van der Waals surface area contributed by atoms with Crippen molar-refractivity contribution in [3.63, 3.8) is 0 Å². The number of benzene rings is 1. The van der Waals surface area contributed by atoms with Gasteiger partial charge in [0.2, 0.25) is 5.91 Å². The Morgan fingerprint density at radius 3 is 2.61 bits per heavy atom. The van der Waals surface area contributed by atoms with Gasteiger partial charge in [0.15, 0.2) is 0 Å². The number of anilines is 1. The summed E-state index contributed by atoms with van der Waals surface area (Å²) in [4.78, 5) is 25.7. The summed E-state index contributed by atoms with van der Waals surface area (Å²) >= 11 is 1.46. The number of rotatable bonds is 8. The van der Waals surface area contributed by atoms with Crippen LogP contribution in [0.5, 0.6) is 11.5 Å². The third kappa shape index (κ3) is 4.12. The van der Waals surface area contributed by atoms with Crippen LogP contribution in [-0.4, -0.2) is 36.8 Å². The molecule has 2 heterocycles. The number of methoxy groups -OCH3 is 1. The van der Waals surface area contributed by atoms with Crippen LogP contribution in [-0.2, 0) is 16.1 Å². The molecule has 0 fully saturated rings. The molecule has 0 unspecified atom stereocenters. The van der Waals surface area contributed by atoms with Gasteiger partial charge in [0, 0.05) is 11.5 Å². The van der Waals surface area contributed by atoms with Gasteiger partial charge in [0.05, 0.1) is 26.0 Å². The van der Waals surface area contributed by atoms with Crippen molar-refractivity contribution in [1.82, 2.24) is 4.57 Å². The highest BCUT2D eigenvalue weighted by atomic mass is 32.1. The van der Waals surface area contributed by atoms with Gasteiger partial charge < -0.3 is 24.1 Å². The summed E-state index contributed by atoms with van der Waals surface area (Å²) in [6.07, 6.45) is 0. The zero-order valence-electron chi connectivity index (χ0n) is 16.0. The molecular weight excluding hydrogens is 380 g/mol. The van der Waals surface area contributed by atoms with Gasteiger partial charge >= 0.3 is 5.97 Å². The maximum absolute atomic E-state index is 12.8. The number of carbonyl (C=O) groups is 2. The molecule has 0 aliphatic rings. The topological polar surface area (TPSA) is 78.8 Å². The van der Waals surface area contributed by atoms with Gasteiger partial charge in [0.1, 0.15) is 28.6 Å². The molecule has 148 valence electrons. The van der Waals surface area contributed by atoms with Crippen LogP contribution in [0.25, 0.3) is 10.2 Å². The Morgan fingerprint density at radius 2 is 1.89 bits per heavy atom. The lowest BCUT2D eigenvalue weighted by atomic mass is 10.2. The molecule has 0 bridgehead atoms. The van der Waals surface area contributed by atoms with E-state index in [4.69, 9.17) is 14.2 Å². The number of ether oxygens (including phenoxy) is 3. The Labute approximate surface area is 166 Å². The molecule has 0 radical (unpaired) electrons. The number of hydrogen-bond acceptors (Lipinski definition) is 6. The van der Waals surface area contributed by atoms with E-state index in [2.05, 4.69) is 5.32 Å². The summed E-state index contributed by atoms with van der Waals surface area (Å²) in [6.45, 7) is 4.72. The van der Waals surface area contributed by atoms with Gasteiger partial charge in [-0.3, -0.25) is 4.79 Å². The fourth-order valence-corrected chi connectivity index (χ4v) is 3.78. The SMILES string of the molecule is CCOc1ccc(OCC)c(NC(=O)Cn2c(C(=O)OC)cc3ccsc32)c1. The third-order valence-corrected chi connectivity index (χ3v) is 4.99. The van der Waals surface area contributed by atoms with Crippen LogP contribution in [0.15, 0.2) is 35.7 Å². The van der Waals surface area contributed by atoms with Crippen LogP contribution in [0.4, 0.5) is 5.69 Å². The van der Waals surface area contributed by atoms with Crippen LogP contribution in [0.1, 0.15) is 24.3 Å². The van der Waals surface area contributed by atoms with E-state index < -0.39 is 5.97 Å². The van der Waals surface area contributed by atoms with E-state index in [-0.39, 0.29) is 12.5 Å². The number of fused-ring (bicyclic) bond motifs is 1. The average Bonchev–Trinajstić information content (AvgIpc) is 3.26. The molecule has 0 aliphatic heterocycles. The number of amides is 1. The first-order chi connectivity index (χ1) is 13.6. The van der Waals surface area contributed by atoms with Crippen LogP contribution in [0.2, 0.25) is 0 Å². The third-order valence-electron chi connectivity index (χ3n) is 4.03. The van der Waals surface area contributed by atoms with Crippen molar-refractivity contribution in [1.29, 1.82) is 0 Å². The highest BCUT2D eigenvalue weighted by Gasteiger charge is 2.19. The van der Waals surface area contributed by atoms with Crippen molar-refractivity contribution in [2.45, 2.75) is 20.4 Å². The molecule has 1 N–H and O–H groups in total. The largest absolute Gasteiger partial charge is 0.494 e. The van der Waals surface area contributed by atoms with Gasteiger partial charge in [-0.25, -0.2) is 4.79 Å². The standard InChI is InChI=1S/C20H22N2O5S/c1-4-26-14-6-7-17(27-5-2)15(11-14)21-18(23)12-22-16(20(24)25-3)10-13-8-9-28-19(13)22/h6-11H,4-5,12H2,1-3H3,(H,21,23). The first kappa shape index (κ1) is 19.8. The molecule has 0 aliphatic carbocycles. The summed E-state index contributed by atoms with van der Waals surface area (Å²) in [6, 6.07) is 8.91. The van der Waals surface area contributed by atoms with Crippen molar-refractivity contribution in [2.24, 2.45) is 0 Å². The molecule has 1 aromatic carbocycles. The van der Waals surface area contributed by atoms with E-state index in [0.29, 0.717) is 36.1 Å². The molecule has 28 heavy (non-hydrogen) atoms. The molecule has 2 aromatic heterocycles. The second-order valence-corrected chi connectivity index (χ2v) is 6.76. The zero-order chi connectivity index (χ0) is 20.1. The van der Waals surface area contributed by atoms with Crippen molar-refractivity contribution in [3.05, 3.63) is 41.4 Å². The van der Waals surface area contributed by atoms with Crippen molar-refractivity contribution < 1.29 is 23.8 Å². The van der Waals surface area contributed by atoms with E-state index in [1.807, 2.05) is 25.3 Å². The first-order valence-electron chi connectivity index (χ1n) is 8.91. The Balaban J connectivity index is 1.86. The fourth-order valence-electron chi connectivity index (χ4n) is 2.88. The predicted molar refractivity (Wildman–Crippen MR) is 109 cm³/mol. The summed E-state index contributed by atoms with van der Waals surface area (Å²) in [7, 11) is 1.32. The Morgan fingerprint density at radius 1 is 1.11 bits per heavy atom. The molecule has 0 atom stereocenters. The average molecular weight is 402 g/mol. The molecule has 1 amide bonds. The van der Waals surface area contributed by atoms with E-state index in [0.717, 1.165) is 10.2 Å². The lowest BCUT2D eigenvalue weighted by Gasteiger charge is -2.14. The fraction of sp³-hybridized carbons (Fsp3) is 0.300. The van der Waals surface area contributed by atoms with Gasteiger partial charge in [-0.05, 0) is 43.5 Å². The highest BCUT2D eigenvalue weighted by Crippen LogP contribution is 2.30. The number of carbonyl (C=O) groups excluding carboxylic acids is 2. The molecule has 0 saturated heterocycles. The van der Waals surface area contributed by atoms with Gasteiger partial charge in [0.25, 0.3) is 0 Å². The quantitative estimate of drug-likeness (QED) is 0.578. The zero-order valence-corrected chi connectivity index (χ0v) is 16.8. The second kappa shape index (κ2) is 8.79. The molecule has 7 nitrogen and oxygen atoms in total. The number of thiophene rings is 1. The number of aromatic nitrogens is 1. The number of nitrogens with one attached hydrogen (secondary N) is 1. The van der Waals surface area contributed by atoms with Gasteiger partial charge in [-0.2, -0.15) is 0 Å². The smallest absolute Gasteiger partial charge is 0.354 e. The normalized spacial score (nSPS) is 10.7. The van der Waals surface area contributed by atoms with Crippen LogP contribution in [0.3, 0.4) is 0 Å². The minimum atomic E-state index is -0.482. The molecular formula is C20H22N2O5S. The Hall–Kier alpha value is -3.00. The maximum atomic E-state index is 12.8. The van der Waals surface area contributed by atoms with Crippen molar-refractivity contribution >= 4 is 39.1 Å². The minimum Gasteiger partial charge on any atom is -0.494 e. The molecule has 0 saturated carbocycles. The van der Waals surface area contributed by atoms with E-state index >= 15 is 0 Å². The van der Waals surface area contributed by atoms with E-state index in [1.165, 1.54) is 18.4 Å². The Kier molecular flexibility index (Phi) is 6.20. The van der Waals surface area contributed by atoms with Gasteiger partial charge in [-0.15, -0.1) is 11.3 Å². The van der Waals surface area contributed by atoms with Crippen LogP contribution >= 0.6 is 11.3 Å². The summed E-state index contributed by atoms with van der Waals surface area (Å²) in [5, 5.41) is 5.67. The van der Waals surface area contributed by atoms with Crippen LogP contribution in [0, 0.1) is 0 Å². The highest BCUT2D eigenvalue weighted by molar-refractivity contribution is 7.16. The minimum absolute atomic E-state index is 0.0289. The lowest BCUT2D eigenvalue weighted by Crippen LogP contribution is -2.22. The summed E-state index contributed by atoms with van der Waals surface area (Å²) in [5.74, 6) is 0.426. The predicted octanol–water partition coefficient (Wildman–Crippen LogP) is 3.93. The van der Waals surface area contributed by atoms with E-state index in [9.17, 15) is 9.59 Å². The molecule has 3 rings (SSSR count). The van der Waals surface area contributed by atoms with E-state index in [1.54, 1.807) is 28.8 Å². The summed E-state index contributed by atoms with van der Waals surface area (Å²) < 4.78 is 17.6. The lowest BCUT2D eigenvalue weighted by molar-refractivity contribution is -0.116. The number of hydrogen-bond donors (Lipinski definition) is 1. The molecule has 8 heteroatoms. The second-order valence-electron chi connectivity index (χ2n) is 5.86. The van der Waals surface area contributed by atoms with Crippen molar-refractivity contribution in [3.8, 4) is 11.5 Å². The maximum Gasteiger partial charge on any atom is 0.354 e. The van der Waals surface area contributed by atoms with Crippen molar-refractivity contribution in [2.75, 3.05) is 25.6 Å². The molecule has 0 spiro atoms.